The smallest absolute Gasteiger partial charge is 0.274 e. The minimum Gasteiger partial charge on any atom is -0.346 e. The summed E-state index contributed by atoms with van der Waals surface area (Å²) in [6.07, 6.45) is 3.07. The number of carbonyl (C=O) groups excluding carboxylic acids is 2. The molecule has 1 aliphatic heterocycles. The van der Waals surface area contributed by atoms with E-state index in [2.05, 4.69) is 10.3 Å². The summed E-state index contributed by atoms with van der Waals surface area (Å²) in [6.45, 7) is 1.10. The minimum atomic E-state index is -0.986. The molecule has 0 bridgehead atoms. The number of benzene rings is 2. The molecule has 2 aromatic carbocycles. The maximum atomic E-state index is 14.4. The Kier molecular flexibility index (Phi) is 7.50. The van der Waals surface area contributed by atoms with Crippen LogP contribution in [0.5, 0.6) is 0 Å². The van der Waals surface area contributed by atoms with Gasteiger partial charge in [0, 0.05) is 44.2 Å². The molecule has 5 rings (SSSR count). The van der Waals surface area contributed by atoms with Crippen LogP contribution < -0.4 is 10.7 Å². The number of piperidine rings is 1. The summed E-state index contributed by atoms with van der Waals surface area (Å²) in [6, 6.07) is 15.2. The van der Waals surface area contributed by atoms with Gasteiger partial charge >= 0.3 is 0 Å². The molecule has 2 aromatic heterocycles. The summed E-state index contributed by atoms with van der Waals surface area (Å²) in [4.78, 5) is 43.0. The molecule has 0 radical (unpaired) electrons. The van der Waals surface area contributed by atoms with Gasteiger partial charge in [0.2, 0.25) is 0 Å². The molecule has 2 amide bonds. The van der Waals surface area contributed by atoms with Gasteiger partial charge < -0.3 is 14.8 Å². The van der Waals surface area contributed by atoms with Gasteiger partial charge in [0.25, 0.3) is 11.8 Å². The molecular formula is C30H25F3N4O3. The third kappa shape index (κ3) is 5.51. The van der Waals surface area contributed by atoms with Crippen molar-refractivity contribution in [1.29, 1.82) is 0 Å². The van der Waals surface area contributed by atoms with E-state index in [4.69, 9.17) is 0 Å². The highest BCUT2D eigenvalue weighted by atomic mass is 19.1. The second-order valence-electron chi connectivity index (χ2n) is 9.62. The quantitative estimate of drug-likeness (QED) is 0.376. The predicted molar refractivity (Wildman–Crippen MR) is 144 cm³/mol. The monoisotopic (exact) mass is 546 g/mol. The number of hydrogen-bond donors (Lipinski definition) is 1. The molecule has 0 saturated carbocycles. The van der Waals surface area contributed by atoms with Gasteiger partial charge in [0.05, 0.1) is 5.56 Å². The molecule has 3 heterocycles. The van der Waals surface area contributed by atoms with E-state index in [0.29, 0.717) is 24.5 Å². The first-order valence-corrected chi connectivity index (χ1v) is 12.7. The number of hydrogen-bond acceptors (Lipinski definition) is 4. The van der Waals surface area contributed by atoms with Gasteiger partial charge in [-0.15, -0.1) is 0 Å². The lowest BCUT2D eigenvalue weighted by atomic mass is 9.89. The standard InChI is InChI=1S/C30H25F3N4O3/c1-36-14-13-21(38)17-26(36)30(40)37-15-11-19(12-16-37)18-5-7-20(8-6-18)34-29(39)25-10-9-24(33)28(35-25)27-22(31)3-2-4-23(27)32/h2-10,13-14,17,19H,11-12,15-16H2,1H3,(H,34,39). The van der Waals surface area contributed by atoms with Crippen LogP contribution in [0.4, 0.5) is 18.9 Å². The van der Waals surface area contributed by atoms with Gasteiger partial charge in [0.1, 0.15) is 34.5 Å². The number of carbonyl (C=O) groups is 2. The molecule has 1 saturated heterocycles. The maximum Gasteiger partial charge on any atom is 0.274 e. The van der Waals surface area contributed by atoms with Crippen molar-refractivity contribution in [3.05, 3.63) is 118 Å². The first-order valence-electron chi connectivity index (χ1n) is 12.7. The van der Waals surface area contributed by atoms with Crippen LogP contribution in [-0.2, 0) is 7.05 Å². The summed E-state index contributed by atoms with van der Waals surface area (Å²) in [5, 5.41) is 2.67. The Morgan fingerprint density at radius 3 is 2.25 bits per heavy atom. The van der Waals surface area contributed by atoms with Crippen molar-refractivity contribution in [2.75, 3.05) is 18.4 Å². The van der Waals surface area contributed by atoms with Gasteiger partial charge in [-0.05, 0) is 60.7 Å². The zero-order valence-electron chi connectivity index (χ0n) is 21.5. The fraction of sp³-hybridized carbons (Fsp3) is 0.200. The molecular weight excluding hydrogens is 521 g/mol. The Hall–Kier alpha value is -4.73. The van der Waals surface area contributed by atoms with Crippen LogP contribution in [0.15, 0.2) is 77.7 Å². The highest BCUT2D eigenvalue weighted by molar-refractivity contribution is 6.03. The van der Waals surface area contributed by atoms with E-state index in [-0.39, 0.29) is 22.9 Å². The Bertz CT molecular complexity index is 1630. The van der Waals surface area contributed by atoms with Crippen LogP contribution in [0.2, 0.25) is 0 Å². The molecule has 10 heteroatoms. The maximum absolute atomic E-state index is 14.4. The van der Waals surface area contributed by atoms with E-state index in [9.17, 15) is 27.6 Å². The molecule has 0 aliphatic carbocycles. The van der Waals surface area contributed by atoms with Crippen molar-refractivity contribution in [3.8, 4) is 11.3 Å². The number of likely N-dealkylation sites (tertiary alicyclic amines) is 1. The number of halogens is 3. The summed E-state index contributed by atoms with van der Waals surface area (Å²) in [7, 11) is 1.73. The van der Waals surface area contributed by atoms with Crippen molar-refractivity contribution in [3.63, 3.8) is 0 Å². The van der Waals surface area contributed by atoms with E-state index in [1.165, 1.54) is 12.1 Å². The average Bonchev–Trinajstić information content (AvgIpc) is 2.95. The average molecular weight is 547 g/mol. The number of aromatic nitrogens is 2. The lowest BCUT2D eigenvalue weighted by Crippen LogP contribution is -2.39. The number of anilines is 1. The van der Waals surface area contributed by atoms with Gasteiger partial charge in [-0.25, -0.2) is 18.2 Å². The topological polar surface area (TPSA) is 84.3 Å². The third-order valence-electron chi connectivity index (χ3n) is 7.04. The van der Waals surface area contributed by atoms with Crippen LogP contribution in [0.1, 0.15) is 45.3 Å². The van der Waals surface area contributed by atoms with Crippen LogP contribution >= 0.6 is 0 Å². The summed E-state index contributed by atoms with van der Waals surface area (Å²) in [5.41, 5.74) is 0.241. The Labute approximate surface area is 227 Å². The number of aryl methyl sites for hydroxylation is 1. The molecule has 0 unspecified atom stereocenters. The van der Waals surface area contributed by atoms with Crippen molar-refractivity contribution >= 4 is 17.5 Å². The van der Waals surface area contributed by atoms with Crippen LogP contribution in [0.3, 0.4) is 0 Å². The summed E-state index contributed by atoms with van der Waals surface area (Å²) < 4.78 is 44.3. The Balaban J connectivity index is 1.23. The van der Waals surface area contributed by atoms with Crippen LogP contribution in [0, 0.1) is 17.5 Å². The first kappa shape index (κ1) is 26.9. The number of nitrogens with one attached hydrogen (secondary N) is 1. The largest absolute Gasteiger partial charge is 0.346 e. The number of amides is 2. The van der Waals surface area contributed by atoms with Gasteiger partial charge in [-0.2, -0.15) is 0 Å². The van der Waals surface area contributed by atoms with Crippen LogP contribution in [-0.4, -0.2) is 39.4 Å². The molecule has 4 aromatic rings. The van der Waals surface area contributed by atoms with Gasteiger partial charge in [0.15, 0.2) is 5.43 Å². The molecule has 1 aliphatic rings. The Morgan fingerprint density at radius 1 is 0.900 bits per heavy atom. The van der Waals surface area contributed by atoms with Crippen molar-refractivity contribution in [1.82, 2.24) is 14.5 Å². The molecule has 40 heavy (non-hydrogen) atoms. The minimum absolute atomic E-state index is 0.174. The van der Waals surface area contributed by atoms with E-state index in [1.807, 2.05) is 12.1 Å². The molecule has 1 N–H and O–H groups in total. The first-order chi connectivity index (χ1) is 19.2. The number of nitrogens with zero attached hydrogens (tertiary/aromatic N) is 3. The highest BCUT2D eigenvalue weighted by Crippen LogP contribution is 2.30. The summed E-state index contributed by atoms with van der Waals surface area (Å²) >= 11 is 0. The van der Waals surface area contributed by atoms with E-state index in [1.54, 1.807) is 34.8 Å². The third-order valence-corrected chi connectivity index (χ3v) is 7.04. The van der Waals surface area contributed by atoms with Crippen molar-refractivity contribution < 1.29 is 22.8 Å². The highest BCUT2D eigenvalue weighted by Gasteiger charge is 2.26. The lowest BCUT2D eigenvalue weighted by Gasteiger charge is -2.32. The van der Waals surface area contributed by atoms with E-state index in [0.717, 1.165) is 48.7 Å². The molecule has 0 atom stereocenters. The Morgan fingerprint density at radius 2 is 1.57 bits per heavy atom. The normalized spacial score (nSPS) is 13.8. The van der Waals surface area contributed by atoms with Gasteiger partial charge in [-0.3, -0.25) is 14.4 Å². The lowest BCUT2D eigenvalue weighted by molar-refractivity contribution is 0.0702. The van der Waals surface area contributed by atoms with E-state index >= 15 is 0 Å². The number of rotatable bonds is 5. The molecule has 7 nitrogen and oxygen atoms in total. The predicted octanol–water partition coefficient (Wildman–Crippen LogP) is 5.14. The second kappa shape index (κ2) is 11.2. The van der Waals surface area contributed by atoms with Crippen molar-refractivity contribution in [2.24, 2.45) is 7.05 Å². The zero-order valence-corrected chi connectivity index (χ0v) is 21.5. The second-order valence-corrected chi connectivity index (χ2v) is 9.62. The number of pyridine rings is 2. The fourth-order valence-electron chi connectivity index (χ4n) is 4.84. The molecule has 1 fully saturated rings. The zero-order chi connectivity index (χ0) is 28.4. The molecule has 204 valence electrons. The molecule has 0 spiro atoms. The fourth-order valence-corrected chi connectivity index (χ4v) is 4.84. The summed E-state index contributed by atoms with van der Waals surface area (Å²) in [5.74, 6) is -3.54. The van der Waals surface area contributed by atoms with Gasteiger partial charge in [-0.1, -0.05) is 18.2 Å². The SMILES string of the molecule is Cn1ccc(=O)cc1C(=O)N1CCC(c2ccc(NC(=O)c3ccc(F)c(-c4c(F)cccc4F)n3)cc2)CC1. The van der Waals surface area contributed by atoms with Crippen molar-refractivity contribution in [2.45, 2.75) is 18.8 Å². The van der Waals surface area contributed by atoms with E-state index < -0.39 is 34.6 Å². The van der Waals surface area contributed by atoms with Crippen LogP contribution in [0.25, 0.3) is 11.3 Å².